The fourth-order valence-corrected chi connectivity index (χ4v) is 1.92. The number of rotatable bonds is 3. The monoisotopic (exact) mass is 207 g/mol. The van der Waals surface area contributed by atoms with Crippen LogP contribution in [0, 0.1) is 0 Å². The van der Waals surface area contributed by atoms with E-state index in [4.69, 9.17) is 10.5 Å². The average Bonchev–Trinajstić information content (AvgIpc) is 2.33. The Hall–Kier alpha value is -0.970. The molecule has 0 aliphatic carbocycles. The van der Waals surface area contributed by atoms with Crippen molar-refractivity contribution in [3.8, 4) is 0 Å². The normalized spacial score (nSPS) is 20.1. The van der Waals surface area contributed by atoms with Gasteiger partial charge in [-0.25, -0.2) is 0 Å². The van der Waals surface area contributed by atoms with Gasteiger partial charge >= 0.3 is 0 Å². The minimum Gasteiger partial charge on any atom is -0.379 e. The van der Waals surface area contributed by atoms with Crippen LogP contribution >= 0.6 is 0 Å². The molecule has 15 heavy (non-hydrogen) atoms. The van der Waals surface area contributed by atoms with Gasteiger partial charge in [-0.05, 0) is 12.1 Å². The molecule has 0 unspecified atom stereocenters. The van der Waals surface area contributed by atoms with Gasteiger partial charge in [-0.3, -0.25) is 9.88 Å². The van der Waals surface area contributed by atoms with E-state index < -0.39 is 0 Å². The van der Waals surface area contributed by atoms with Crippen molar-refractivity contribution in [3.05, 3.63) is 30.1 Å². The van der Waals surface area contributed by atoms with Crippen molar-refractivity contribution in [1.29, 1.82) is 0 Å². The first-order valence-electron chi connectivity index (χ1n) is 5.34. The van der Waals surface area contributed by atoms with Crippen LogP contribution in [-0.4, -0.2) is 42.7 Å². The summed E-state index contributed by atoms with van der Waals surface area (Å²) in [7, 11) is 0. The molecule has 4 heteroatoms. The van der Waals surface area contributed by atoms with Crippen LogP contribution in [0.5, 0.6) is 0 Å². The Morgan fingerprint density at radius 3 is 2.80 bits per heavy atom. The second-order valence-corrected chi connectivity index (χ2v) is 3.65. The molecule has 2 rings (SSSR count). The number of hydrogen-bond acceptors (Lipinski definition) is 4. The van der Waals surface area contributed by atoms with E-state index in [2.05, 4.69) is 9.88 Å². The van der Waals surface area contributed by atoms with E-state index in [1.54, 1.807) is 0 Å². The van der Waals surface area contributed by atoms with Gasteiger partial charge in [-0.1, -0.05) is 6.07 Å². The minimum absolute atomic E-state index is 0.232. The van der Waals surface area contributed by atoms with Crippen molar-refractivity contribution in [2.75, 3.05) is 32.8 Å². The SMILES string of the molecule is NC[C@@H](c1ccccn1)N1CCOCC1. The average molecular weight is 207 g/mol. The number of hydrogen-bond donors (Lipinski definition) is 1. The second-order valence-electron chi connectivity index (χ2n) is 3.65. The van der Waals surface area contributed by atoms with Crippen molar-refractivity contribution in [2.24, 2.45) is 5.73 Å². The summed E-state index contributed by atoms with van der Waals surface area (Å²) in [5.74, 6) is 0. The molecule has 1 aliphatic rings. The lowest BCUT2D eigenvalue weighted by atomic mass is 10.1. The van der Waals surface area contributed by atoms with Gasteiger partial charge in [0.1, 0.15) is 0 Å². The van der Waals surface area contributed by atoms with Crippen molar-refractivity contribution < 1.29 is 4.74 Å². The molecule has 1 aromatic rings. The lowest BCUT2D eigenvalue weighted by molar-refractivity contribution is 0.0170. The Labute approximate surface area is 90.0 Å². The predicted molar refractivity (Wildman–Crippen MR) is 58.4 cm³/mol. The first kappa shape index (κ1) is 10.5. The van der Waals surface area contributed by atoms with Crippen LogP contribution < -0.4 is 5.73 Å². The molecule has 0 saturated carbocycles. The number of nitrogens with two attached hydrogens (primary N) is 1. The molecule has 0 amide bonds. The zero-order valence-electron chi connectivity index (χ0n) is 8.80. The van der Waals surface area contributed by atoms with E-state index in [1.807, 2.05) is 24.4 Å². The van der Waals surface area contributed by atoms with Crippen molar-refractivity contribution in [1.82, 2.24) is 9.88 Å². The van der Waals surface area contributed by atoms with Crippen molar-refractivity contribution in [2.45, 2.75) is 6.04 Å². The Morgan fingerprint density at radius 1 is 1.40 bits per heavy atom. The smallest absolute Gasteiger partial charge is 0.0646 e. The van der Waals surface area contributed by atoms with Crippen molar-refractivity contribution in [3.63, 3.8) is 0 Å². The van der Waals surface area contributed by atoms with E-state index in [9.17, 15) is 0 Å². The largest absolute Gasteiger partial charge is 0.379 e. The summed E-state index contributed by atoms with van der Waals surface area (Å²) in [6.45, 7) is 4.08. The van der Waals surface area contributed by atoms with Crippen LogP contribution in [0.25, 0.3) is 0 Å². The van der Waals surface area contributed by atoms with Gasteiger partial charge < -0.3 is 10.5 Å². The maximum Gasteiger partial charge on any atom is 0.0646 e. The zero-order chi connectivity index (χ0) is 10.5. The summed E-state index contributed by atoms with van der Waals surface area (Å²) >= 11 is 0. The van der Waals surface area contributed by atoms with E-state index in [0.29, 0.717) is 6.54 Å². The highest BCUT2D eigenvalue weighted by atomic mass is 16.5. The van der Waals surface area contributed by atoms with Crippen molar-refractivity contribution >= 4 is 0 Å². The van der Waals surface area contributed by atoms with Gasteiger partial charge in [0.25, 0.3) is 0 Å². The summed E-state index contributed by atoms with van der Waals surface area (Å²) in [4.78, 5) is 6.70. The fraction of sp³-hybridized carbons (Fsp3) is 0.545. The Bertz CT molecular complexity index is 285. The van der Waals surface area contributed by atoms with Gasteiger partial charge in [0.2, 0.25) is 0 Å². The molecular formula is C11H17N3O. The zero-order valence-corrected chi connectivity index (χ0v) is 8.80. The van der Waals surface area contributed by atoms with E-state index in [-0.39, 0.29) is 6.04 Å². The Morgan fingerprint density at radius 2 is 2.20 bits per heavy atom. The summed E-state index contributed by atoms with van der Waals surface area (Å²) in [6.07, 6.45) is 1.82. The van der Waals surface area contributed by atoms with E-state index in [1.165, 1.54) is 0 Å². The standard InChI is InChI=1S/C11H17N3O/c12-9-11(10-3-1-2-4-13-10)14-5-7-15-8-6-14/h1-4,11H,5-9,12H2/t11-/m0/s1. The van der Waals surface area contributed by atoms with Gasteiger partial charge in [0, 0.05) is 25.8 Å². The molecule has 1 aromatic heterocycles. The molecule has 1 atom stereocenters. The lowest BCUT2D eigenvalue weighted by Crippen LogP contribution is -2.42. The molecule has 2 N–H and O–H groups in total. The first-order chi connectivity index (χ1) is 7.42. The number of ether oxygens (including phenoxy) is 1. The van der Waals surface area contributed by atoms with Crippen LogP contribution in [-0.2, 0) is 4.74 Å². The lowest BCUT2D eigenvalue weighted by Gasteiger charge is -2.33. The first-order valence-corrected chi connectivity index (χ1v) is 5.34. The minimum atomic E-state index is 0.232. The maximum absolute atomic E-state index is 5.81. The third-order valence-electron chi connectivity index (χ3n) is 2.74. The van der Waals surface area contributed by atoms with Crippen LogP contribution in [0.4, 0.5) is 0 Å². The summed E-state index contributed by atoms with van der Waals surface area (Å²) in [5.41, 5.74) is 6.87. The maximum atomic E-state index is 5.81. The molecule has 82 valence electrons. The third kappa shape index (κ3) is 2.53. The molecule has 0 radical (unpaired) electrons. The molecule has 1 saturated heterocycles. The van der Waals surface area contributed by atoms with Crippen LogP contribution in [0.2, 0.25) is 0 Å². The molecular weight excluding hydrogens is 190 g/mol. The summed E-state index contributed by atoms with van der Waals surface area (Å²) in [6, 6.07) is 6.20. The van der Waals surface area contributed by atoms with Gasteiger partial charge in [0.15, 0.2) is 0 Å². The number of nitrogens with zero attached hydrogens (tertiary/aromatic N) is 2. The van der Waals surface area contributed by atoms with Crippen LogP contribution in [0.15, 0.2) is 24.4 Å². The van der Waals surface area contributed by atoms with E-state index >= 15 is 0 Å². The Balaban J connectivity index is 2.09. The van der Waals surface area contributed by atoms with Crippen LogP contribution in [0.3, 0.4) is 0 Å². The molecule has 4 nitrogen and oxygen atoms in total. The number of pyridine rings is 1. The highest BCUT2D eigenvalue weighted by molar-refractivity contribution is 5.09. The molecule has 0 bridgehead atoms. The predicted octanol–water partition coefficient (Wildman–Crippen LogP) is 0.414. The molecule has 0 spiro atoms. The van der Waals surface area contributed by atoms with Crippen LogP contribution in [0.1, 0.15) is 11.7 Å². The highest BCUT2D eigenvalue weighted by Crippen LogP contribution is 2.18. The third-order valence-corrected chi connectivity index (χ3v) is 2.74. The van der Waals surface area contributed by atoms with Gasteiger partial charge in [-0.2, -0.15) is 0 Å². The summed E-state index contributed by atoms with van der Waals surface area (Å²) < 4.78 is 5.33. The topological polar surface area (TPSA) is 51.4 Å². The molecule has 2 heterocycles. The molecule has 0 aromatic carbocycles. The number of morpholine rings is 1. The highest BCUT2D eigenvalue weighted by Gasteiger charge is 2.21. The van der Waals surface area contributed by atoms with Gasteiger partial charge in [0.05, 0.1) is 24.9 Å². The summed E-state index contributed by atoms with van der Waals surface area (Å²) in [5, 5.41) is 0. The fourth-order valence-electron chi connectivity index (χ4n) is 1.92. The second kappa shape index (κ2) is 5.21. The van der Waals surface area contributed by atoms with E-state index in [0.717, 1.165) is 32.0 Å². The Kier molecular flexibility index (Phi) is 3.66. The molecule has 1 fully saturated rings. The van der Waals surface area contributed by atoms with Gasteiger partial charge in [-0.15, -0.1) is 0 Å². The molecule has 1 aliphatic heterocycles. The number of aromatic nitrogens is 1. The quantitative estimate of drug-likeness (QED) is 0.780.